The molecule has 0 aliphatic heterocycles. The predicted octanol–water partition coefficient (Wildman–Crippen LogP) is 1.03. The molecule has 0 aromatic carbocycles. The van der Waals surface area contributed by atoms with Crippen molar-refractivity contribution in [3.63, 3.8) is 0 Å². The minimum Gasteiger partial charge on any atom is -0.481 e. The molecule has 1 aromatic heterocycles. The third-order valence-electron chi connectivity index (χ3n) is 1.70. The lowest BCUT2D eigenvalue weighted by molar-refractivity contribution is -0.274. The summed E-state index contributed by atoms with van der Waals surface area (Å²) in [5, 5.41) is 0. The number of nitrogens with two attached hydrogens (primary N) is 2. The van der Waals surface area contributed by atoms with Gasteiger partial charge in [0.1, 0.15) is 0 Å². The maximum Gasteiger partial charge on any atom is 0.573 e. The van der Waals surface area contributed by atoms with Crippen LogP contribution in [0.2, 0.25) is 0 Å². The van der Waals surface area contributed by atoms with E-state index in [-0.39, 0.29) is 18.0 Å². The van der Waals surface area contributed by atoms with E-state index in [1.807, 2.05) is 0 Å². The summed E-state index contributed by atoms with van der Waals surface area (Å²) >= 11 is 0. The molecule has 0 aliphatic rings. The van der Waals surface area contributed by atoms with Crippen LogP contribution in [0.3, 0.4) is 0 Å². The van der Waals surface area contributed by atoms with E-state index in [0.717, 1.165) is 0 Å². The first kappa shape index (κ1) is 12.4. The zero-order valence-corrected chi connectivity index (χ0v) is 8.34. The van der Waals surface area contributed by atoms with Gasteiger partial charge in [0.2, 0.25) is 5.88 Å². The Bertz CT molecular complexity index is 382. The number of alkyl halides is 3. The second-order valence-corrected chi connectivity index (χ2v) is 2.79. The topological polar surface area (TPSA) is 83.4 Å². The van der Waals surface area contributed by atoms with Crippen molar-refractivity contribution in [1.29, 1.82) is 0 Å². The third kappa shape index (κ3) is 2.89. The Balaban J connectivity index is 3.16. The molecule has 0 bridgehead atoms. The molecule has 0 atom stereocenters. The number of hydrogen-bond acceptors (Lipinski definition) is 5. The molecule has 0 spiro atoms. The molecule has 0 saturated heterocycles. The molecule has 1 aromatic rings. The monoisotopic (exact) mass is 237 g/mol. The van der Waals surface area contributed by atoms with E-state index in [4.69, 9.17) is 16.2 Å². The van der Waals surface area contributed by atoms with Crippen molar-refractivity contribution in [3.8, 4) is 11.6 Å². The van der Waals surface area contributed by atoms with Crippen LogP contribution in [0.5, 0.6) is 11.6 Å². The van der Waals surface area contributed by atoms with Crippen LogP contribution in [-0.4, -0.2) is 18.5 Å². The molecule has 4 N–H and O–H groups in total. The first-order valence-electron chi connectivity index (χ1n) is 4.16. The Hall–Kier alpha value is -1.70. The SMILES string of the molecule is COc1cc(CN)c(OC(F)(F)F)c(N)n1. The smallest absolute Gasteiger partial charge is 0.481 e. The molecule has 16 heavy (non-hydrogen) atoms. The number of aromatic nitrogens is 1. The van der Waals surface area contributed by atoms with Gasteiger partial charge < -0.3 is 20.9 Å². The van der Waals surface area contributed by atoms with Crippen LogP contribution in [0.1, 0.15) is 5.56 Å². The van der Waals surface area contributed by atoms with E-state index in [1.54, 1.807) is 0 Å². The second-order valence-electron chi connectivity index (χ2n) is 2.79. The van der Waals surface area contributed by atoms with Gasteiger partial charge in [0.15, 0.2) is 11.6 Å². The standard InChI is InChI=1S/C8H10F3N3O2/c1-15-5-2-4(3-12)6(7(13)14-5)16-8(9,10)11/h2H,3,12H2,1H3,(H2,13,14). The van der Waals surface area contributed by atoms with Gasteiger partial charge in [-0.25, -0.2) is 0 Å². The first-order chi connectivity index (χ1) is 7.37. The quantitative estimate of drug-likeness (QED) is 0.820. The number of nitrogen functional groups attached to an aromatic ring is 1. The Morgan fingerprint density at radius 3 is 2.50 bits per heavy atom. The molecule has 5 nitrogen and oxygen atoms in total. The van der Waals surface area contributed by atoms with Gasteiger partial charge in [0.05, 0.1) is 7.11 Å². The fraction of sp³-hybridized carbons (Fsp3) is 0.375. The Labute approximate surface area is 89.1 Å². The highest BCUT2D eigenvalue weighted by Crippen LogP contribution is 2.32. The molecule has 0 fully saturated rings. The number of hydrogen-bond donors (Lipinski definition) is 2. The van der Waals surface area contributed by atoms with Gasteiger partial charge in [-0.15, -0.1) is 13.2 Å². The Morgan fingerprint density at radius 2 is 2.06 bits per heavy atom. The van der Waals surface area contributed by atoms with Crippen molar-refractivity contribution in [2.45, 2.75) is 12.9 Å². The summed E-state index contributed by atoms with van der Waals surface area (Å²) in [6, 6.07) is 1.23. The zero-order valence-electron chi connectivity index (χ0n) is 8.34. The van der Waals surface area contributed by atoms with Crippen molar-refractivity contribution in [2.24, 2.45) is 5.73 Å². The summed E-state index contributed by atoms with van der Waals surface area (Å²) in [7, 11) is 1.31. The minimum absolute atomic E-state index is 0.0710. The van der Waals surface area contributed by atoms with Gasteiger partial charge >= 0.3 is 6.36 Å². The van der Waals surface area contributed by atoms with Gasteiger partial charge in [0.25, 0.3) is 0 Å². The Kier molecular flexibility index (Phi) is 3.43. The lowest BCUT2D eigenvalue weighted by Gasteiger charge is -2.14. The number of anilines is 1. The summed E-state index contributed by atoms with van der Waals surface area (Å²) in [6.07, 6.45) is -4.84. The number of methoxy groups -OCH3 is 1. The summed E-state index contributed by atoms with van der Waals surface area (Å²) in [4.78, 5) is 3.56. The third-order valence-corrected chi connectivity index (χ3v) is 1.70. The van der Waals surface area contributed by atoms with E-state index < -0.39 is 17.9 Å². The largest absolute Gasteiger partial charge is 0.573 e. The average molecular weight is 237 g/mol. The number of rotatable bonds is 3. The molecule has 0 saturated carbocycles. The number of ether oxygens (including phenoxy) is 2. The van der Waals surface area contributed by atoms with Crippen LogP contribution in [0.15, 0.2) is 6.07 Å². The van der Waals surface area contributed by atoms with Crippen molar-refractivity contribution < 1.29 is 22.6 Å². The molecule has 0 unspecified atom stereocenters. The summed E-state index contributed by atoms with van der Waals surface area (Å²) in [5.41, 5.74) is 10.7. The number of nitrogens with zero attached hydrogens (tertiary/aromatic N) is 1. The lowest BCUT2D eigenvalue weighted by atomic mass is 10.2. The summed E-state index contributed by atoms with van der Waals surface area (Å²) in [6.45, 7) is -0.172. The van der Waals surface area contributed by atoms with Gasteiger partial charge in [-0.2, -0.15) is 4.98 Å². The Morgan fingerprint density at radius 1 is 1.44 bits per heavy atom. The van der Waals surface area contributed by atoms with E-state index in [1.165, 1.54) is 13.2 Å². The van der Waals surface area contributed by atoms with Crippen molar-refractivity contribution in [2.75, 3.05) is 12.8 Å². The van der Waals surface area contributed by atoms with E-state index >= 15 is 0 Å². The van der Waals surface area contributed by atoms with Crippen LogP contribution in [0.4, 0.5) is 19.0 Å². The molecule has 1 rings (SSSR count). The van der Waals surface area contributed by atoms with Crippen LogP contribution in [-0.2, 0) is 6.54 Å². The van der Waals surface area contributed by atoms with Crippen molar-refractivity contribution in [1.82, 2.24) is 4.98 Å². The highest BCUT2D eigenvalue weighted by molar-refractivity contribution is 5.53. The van der Waals surface area contributed by atoms with Crippen molar-refractivity contribution >= 4 is 5.82 Å². The van der Waals surface area contributed by atoms with Crippen LogP contribution in [0.25, 0.3) is 0 Å². The molecule has 90 valence electrons. The molecular formula is C8H10F3N3O2. The molecule has 1 heterocycles. The maximum absolute atomic E-state index is 12.0. The fourth-order valence-electron chi connectivity index (χ4n) is 1.07. The normalized spacial score (nSPS) is 11.3. The van der Waals surface area contributed by atoms with E-state index in [9.17, 15) is 13.2 Å². The predicted molar refractivity (Wildman–Crippen MR) is 49.8 cm³/mol. The van der Waals surface area contributed by atoms with E-state index in [2.05, 4.69) is 9.72 Å². The van der Waals surface area contributed by atoms with Crippen LogP contribution < -0.4 is 20.9 Å². The summed E-state index contributed by atoms with van der Waals surface area (Å²) in [5.74, 6) is -0.930. The van der Waals surface area contributed by atoms with Gasteiger partial charge in [-0.05, 0) is 0 Å². The van der Waals surface area contributed by atoms with Gasteiger partial charge in [-0.1, -0.05) is 0 Å². The molecular weight excluding hydrogens is 227 g/mol. The first-order valence-corrected chi connectivity index (χ1v) is 4.16. The highest BCUT2D eigenvalue weighted by atomic mass is 19.4. The molecule has 0 radical (unpaired) electrons. The second kappa shape index (κ2) is 4.44. The molecule has 8 heteroatoms. The molecule has 0 amide bonds. The number of pyridine rings is 1. The number of halogens is 3. The summed E-state index contributed by atoms with van der Waals surface area (Å²) < 4.78 is 44.6. The lowest BCUT2D eigenvalue weighted by Crippen LogP contribution is -2.20. The van der Waals surface area contributed by atoms with Crippen LogP contribution in [0, 0.1) is 0 Å². The van der Waals surface area contributed by atoms with Crippen LogP contribution >= 0.6 is 0 Å². The average Bonchev–Trinajstić information content (AvgIpc) is 2.19. The highest BCUT2D eigenvalue weighted by Gasteiger charge is 2.33. The molecule has 0 aliphatic carbocycles. The van der Waals surface area contributed by atoms with Crippen molar-refractivity contribution in [3.05, 3.63) is 11.6 Å². The zero-order chi connectivity index (χ0) is 12.3. The van der Waals surface area contributed by atoms with Gasteiger partial charge in [-0.3, -0.25) is 0 Å². The minimum atomic E-state index is -4.84. The fourth-order valence-corrected chi connectivity index (χ4v) is 1.07. The maximum atomic E-state index is 12.0. The van der Waals surface area contributed by atoms with E-state index in [0.29, 0.717) is 0 Å². The van der Waals surface area contributed by atoms with Gasteiger partial charge in [0, 0.05) is 18.2 Å².